The molecule has 9 heteroatoms. The van der Waals surface area contributed by atoms with Crippen LogP contribution in [0, 0.1) is 11.3 Å². The molecule has 0 saturated carbocycles. The number of aliphatic carboxylic acids is 1. The second kappa shape index (κ2) is 28.0. The number of carboxylic acid groups (broad SMARTS) is 1. The standard InChI is InChI=1S/C57H77N3O5.HI/c1-6-8-10-12-14-16-17-19-21-25-38-57(37-24-20-18-15-13-11-9-7-2)49-42-47(64-5)31-33-50(49)59(39-36-54(62)63)53(57)35-29-45(43-58)28-34-52-56(3,4)55-48-27-23-22-26-46(48)30-32-51(55)60(52)40-41-65-44-61;/h22-23,26-35,42,44H,6-21,24-25,36-41H2,1-5H3;1H. The van der Waals surface area contributed by atoms with Gasteiger partial charge in [0.2, 0.25) is 5.69 Å². The summed E-state index contributed by atoms with van der Waals surface area (Å²) >= 11 is 0. The topological polar surface area (TPSA) is 103 Å². The fraction of sp³-hybridized carbons (Fsp3) is 0.544. The maximum atomic E-state index is 12.2. The summed E-state index contributed by atoms with van der Waals surface area (Å²) in [5, 5.41) is 23.1. The van der Waals surface area contributed by atoms with Crippen LogP contribution >= 0.6 is 0 Å². The normalized spacial score (nSPS) is 17.0. The summed E-state index contributed by atoms with van der Waals surface area (Å²) < 4.78 is 13.3. The molecule has 1 atom stereocenters. The van der Waals surface area contributed by atoms with Crippen LogP contribution in [0.5, 0.6) is 5.75 Å². The van der Waals surface area contributed by atoms with Crippen molar-refractivity contribution in [2.75, 3.05) is 31.7 Å². The van der Waals surface area contributed by atoms with Crippen molar-refractivity contribution in [3.05, 3.63) is 101 Å². The van der Waals surface area contributed by atoms with E-state index in [0.29, 0.717) is 25.1 Å². The predicted octanol–water partition coefficient (Wildman–Crippen LogP) is 11.4. The highest BCUT2D eigenvalue weighted by Crippen LogP contribution is 2.55. The van der Waals surface area contributed by atoms with Gasteiger partial charge in [0.1, 0.15) is 12.4 Å². The van der Waals surface area contributed by atoms with Gasteiger partial charge in [-0.05, 0) is 85.5 Å². The summed E-state index contributed by atoms with van der Waals surface area (Å²) in [6.45, 7) is 10.5. The Morgan fingerprint density at radius 1 is 0.833 bits per heavy atom. The summed E-state index contributed by atoms with van der Waals surface area (Å²) in [7, 11) is 1.72. The number of carbonyl (C=O) groups excluding carboxylic acids is 1. The first-order valence-corrected chi connectivity index (χ1v) is 25.1. The second-order valence-corrected chi connectivity index (χ2v) is 18.8. The number of nitriles is 1. The molecule has 0 saturated heterocycles. The summed E-state index contributed by atoms with van der Waals surface area (Å²) in [5.41, 5.74) is 6.32. The molecule has 3 aromatic carbocycles. The van der Waals surface area contributed by atoms with Crippen LogP contribution < -0.4 is 33.6 Å². The van der Waals surface area contributed by atoms with Gasteiger partial charge in [-0.15, -0.1) is 0 Å². The van der Waals surface area contributed by atoms with Crippen molar-refractivity contribution in [2.45, 2.75) is 173 Å². The zero-order chi connectivity index (χ0) is 46.5. The van der Waals surface area contributed by atoms with Crippen molar-refractivity contribution in [1.82, 2.24) is 0 Å². The molecule has 0 bridgehead atoms. The molecule has 0 aliphatic carbocycles. The minimum atomic E-state index is -0.834. The molecule has 2 aliphatic rings. The molecule has 8 nitrogen and oxygen atoms in total. The number of fused-ring (bicyclic) bond motifs is 4. The van der Waals surface area contributed by atoms with E-state index in [2.05, 4.69) is 104 Å². The van der Waals surface area contributed by atoms with Gasteiger partial charge in [-0.1, -0.05) is 154 Å². The number of hydrogen-bond acceptors (Lipinski definition) is 6. The molecule has 0 amide bonds. The highest BCUT2D eigenvalue weighted by molar-refractivity contribution is 6.07. The van der Waals surface area contributed by atoms with Crippen LogP contribution in [0.25, 0.3) is 10.8 Å². The number of unbranched alkanes of at least 4 members (excludes halogenated alkanes) is 16. The molecule has 0 radical (unpaired) electrons. The van der Waals surface area contributed by atoms with E-state index in [1.165, 1.54) is 106 Å². The minimum absolute atomic E-state index is 0. The lowest BCUT2D eigenvalue weighted by Crippen LogP contribution is -3.00. The van der Waals surface area contributed by atoms with E-state index in [9.17, 15) is 20.0 Å². The third-order valence-electron chi connectivity index (χ3n) is 14.0. The molecule has 2 heterocycles. The van der Waals surface area contributed by atoms with Crippen molar-refractivity contribution in [2.24, 2.45) is 0 Å². The number of halogens is 1. The van der Waals surface area contributed by atoms with Crippen LogP contribution in [0.1, 0.15) is 174 Å². The Balaban J connectivity index is 0.00000952. The van der Waals surface area contributed by atoms with E-state index in [-0.39, 0.29) is 42.4 Å². The van der Waals surface area contributed by atoms with Crippen LogP contribution in [-0.4, -0.2) is 54.6 Å². The van der Waals surface area contributed by atoms with Gasteiger partial charge in [0.25, 0.3) is 6.47 Å². The third kappa shape index (κ3) is 14.1. The summed E-state index contributed by atoms with van der Waals surface area (Å²) in [5.74, 6) is -0.0326. The number of hydrogen-bond donors (Lipinski definition) is 1. The smallest absolute Gasteiger partial charge is 0.305 e. The van der Waals surface area contributed by atoms with Crippen LogP contribution in [0.15, 0.2) is 90.2 Å². The lowest BCUT2D eigenvalue weighted by Gasteiger charge is -2.34. The second-order valence-electron chi connectivity index (χ2n) is 18.8. The lowest BCUT2D eigenvalue weighted by molar-refractivity contribution is -0.440. The predicted molar refractivity (Wildman–Crippen MR) is 268 cm³/mol. The quantitative estimate of drug-likeness (QED) is 0.0171. The summed E-state index contributed by atoms with van der Waals surface area (Å²) in [6.07, 6.45) is 32.3. The fourth-order valence-electron chi connectivity index (χ4n) is 10.5. The Morgan fingerprint density at radius 2 is 1.44 bits per heavy atom. The van der Waals surface area contributed by atoms with Gasteiger partial charge in [0.05, 0.1) is 30.6 Å². The van der Waals surface area contributed by atoms with Gasteiger partial charge in [0.15, 0.2) is 12.3 Å². The van der Waals surface area contributed by atoms with Gasteiger partial charge >= 0.3 is 5.97 Å². The number of ether oxygens (including phenoxy) is 2. The summed E-state index contributed by atoms with van der Waals surface area (Å²) in [6, 6.07) is 21.5. The molecule has 0 spiro atoms. The van der Waals surface area contributed by atoms with Crippen molar-refractivity contribution >= 4 is 40.3 Å². The minimum Gasteiger partial charge on any atom is -1.00 e. The fourth-order valence-corrected chi connectivity index (χ4v) is 10.5. The molecule has 358 valence electrons. The first-order chi connectivity index (χ1) is 31.7. The zero-order valence-electron chi connectivity index (χ0n) is 40.9. The number of nitrogens with zero attached hydrogens (tertiary/aromatic N) is 3. The highest BCUT2D eigenvalue weighted by atomic mass is 127. The van der Waals surface area contributed by atoms with E-state index in [1.807, 2.05) is 18.2 Å². The highest BCUT2D eigenvalue weighted by Gasteiger charge is 2.47. The molecule has 0 fully saturated rings. The SMILES string of the molecule is CCCCCCCCCCCCC1(CCCCCCCCCC)C(=CC=C(C#N)C=CC2=[N+](CCOC=O)c3ccc4ccccc4c3C2(C)C)N(CCC(=O)O)c2ccc(OC)cc21.[I-]. The largest absolute Gasteiger partial charge is 1.00 e. The maximum Gasteiger partial charge on any atom is 0.305 e. The number of rotatable bonds is 31. The van der Waals surface area contributed by atoms with Crippen LogP contribution in [-0.2, 0) is 25.2 Å². The average molecular weight is 1010 g/mol. The monoisotopic (exact) mass is 1010 g/mol. The molecule has 5 rings (SSSR count). The molecular weight excluding hydrogens is 934 g/mol. The Bertz CT molecular complexity index is 2200. The van der Waals surface area contributed by atoms with E-state index in [1.54, 1.807) is 7.11 Å². The Labute approximate surface area is 414 Å². The zero-order valence-corrected chi connectivity index (χ0v) is 43.0. The van der Waals surface area contributed by atoms with Gasteiger partial charge < -0.3 is 43.5 Å². The van der Waals surface area contributed by atoms with Crippen molar-refractivity contribution in [3.8, 4) is 11.8 Å². The van der Waals surface area contributed by atoms with Crippen LogP contribution in [0.2, 0.25) is 0 Å². The first kappa shape index (κ1) is 54.2. The van der Waals surface area contributed by atoms with E-state index >= 15 is 0 Å². The van der Waals surface area contributed by atoms with Gasteiger partial charge in [0, 0.05) is 41.1 Å². The van der Waals surface area contributed by atoms with Gasteiger partial charge in [-0.3, -0.25) is 9.59 Å². The number of carboxylic acids is 1. The summed E-state index contributed by atoms with van der Waals surface area (Å²) in [4.78, 5) is 25.7. The average Bonchev–Trinajstić information content (AvgIpc) is 3.69. The van der Waals surface area contributed by atoms with Crippen LogP contribution in [0.4, 0.5) is 11.4 Å². The van der Waals surface area contributed by atoms with Gasteiger partial charge in [-0.2, -0.15) is 9.84 Å². The Morgan fingerprint density at radius 3 is 2.02 bits per heavy atom. The van der Waals surface area contributed by atoms with Crippen molar-refractivity contribution in [1.29, 1.82) is 5.26 Å². The molecule has 66 heavy (non-hydrogen) atoms. The number of carbonyl (C=O) groups is 2. The molecular formula is C57H78IN3O5. The first-order valence-electron chi connectivity index (χ1n) is 25.1. The number of benzene rings is 3. The maximum absolute atomic E-state index is 12.2. The number of anilines is 1. The Kier molecular flexibility index (Phi) is 23.0. The lowest BCUT2D eigenvalue weighted by atomic mass is 9.71. The van der Waals surface area contributed by atoms with Crippen molar-refractivity contribution < 1.29 is 52.7 Å². The molecule has 1 N–H and O–H groups in total. The third-order valence-corrected chi connectivity index (χ3v) is 14.0. The Hall–Kier alpha value is -4.43. The molecule has 3 aromatic rings. The van der Waals surface area contributed by atoms with E-state index in [0.717, 1.165) is 72.4 Å². The number of methoxy groups -OCH3 is 1. The molecule has 1 unspecified atom stereocenters. The number of allylic oxidation sites excluding steroid dienone is 6. The van der Waals surface area contributed by atoms with E-state index in [4.69, 9.17) is 9.47 Å². The molecule has 2 aliphatic heterocycles. The van der Waals surface area contributed by atoms with E-state index < -0.39 is 11.4 Å². The van der Waals surface area contributed by atoms with Crippen LogP contribution in [0.3, 0.4) is 0 Å². The molecule has 0 aromatic heterocycles. The van der Waals surface area contributed by atoms with Crippen molar-refractivity contribution in [3.63, 3.8) is 0 Å². The van der Waals surface area contributed by atoms with Gasteiger partial charge in [-0.25, -0.2) is 0 Å².